The van der Waals surface area contributed by atoms with Gasteiger partial charge in [0.25, 0.3) is 0 Å². The van der Waals surface area contributed by atoms with Gasteiger partial charge in [0.2, 0.25) is 0 Å². The van der Waals surface area contributed by atoms with E-state index in [0.717, 1.165) is 38.5 Å². The van der Waals surface area contributed by atoms with Crippen LogP contribution in [0.2, 0.25) is 0 Å². The molecule has 0 saturated heterocycles. The molecule has 14 heavy (non-hydrogen) atoms. The first-order chi connectivity index (χ1) is 6.81. The Bertz CT molecular complexity index is 244. The van der Waals surface area contributed by atoms with Crippen molar-refractivity contribution in [3.05, 3.63) is 0 Å². The Balaban J connectivity index is 3.69. The molecule has 76 valence electrons. The molecule has 1 nitrogen and oxygen atoms in total. The fourth-order valence-electron chi connectivity index (χ4n) is 0.814. The van der Waals surface area contributed by atoms with E-state index in [1.54, 1.807) is 0 Å². The van der Waals surface area contributed by atoms with Crippen LogP contribution in [0.4, 0.5) is 0 Å². The summed E-state index contributed by atoms with van der Waals surface area (Å²) in [5.74, 6) is 5.78. The number of hydrogen-bond acceptors (Lipinski definition) is 1. The van der Waals surface area contributed by atoms with Gasteiger partial charge in [-0.1, -0.05) is 26.7 Å². The van der Waals surface area contributed by atoms with Crippen molar-refractivity contribution in [2.24, 2.45) is 0 Å². The average molecular weight is 209 g/mol. The molecule has 0 aliphatic rings. The third-order valence-corrected chi connectivity index (χ3v) is 2.39. The van der Waals surface area contributed by atoms with Gasteiger partial charge in [-0.2, -0.15) is 0 Å². The predicted molar refractivity (Wildman–Crippen MR) is 62.2 cm³/mol. The quantitative estimate of drug-likeness (QED) is 0.387. The summed E-state index contributed by atoms with van der Waals surface area (Å²) in [5.41, 5.74) is 5.36. The monoisotopic (exact) mass is 209 g/mol. The summed E-state index contributed by atoms with van der Waals surface area (Å²) in [6.07, 6.45) is 6.11. The summed E-state index contributed by atoms with van der Waals surface area (Å²) < 4.78 is 11.2. The fraction of sp³-hybridized carbons (Fsp3) is 0.667. The molecule has 0 aliphatic heterocycles. The number of hydrogen-bond donors (Lipinski definition) is 0. The highest BCUT2D eigenvalue weighted by molar-refractivity contribution is 7.55. The van der Waals surface area contributed by atoms with E-state index in [0.29, 0.717) is 0 Å². The molecule has 0 amide bonds. The van der Waals surface area contributed by atoms with Crippen LogP contribution in [-0.2, 0) is 4.57 Å². The maximum atomic E-state index is 11.2. The molecule has 0 bridgehead atoms. The Morgan fingerprint density at radius 3 is 1.71 bits per heavy atom. The van der Waals surface area contributed by atoms with Crippen molar-refractivity contribution in [3.63, 3.8) is 0 Å². The second kappa shape index (κ2) is 10.3. The molecule has 0 saturated carbocycles. The zero-order valence-corrected chi connectivity index (χ0v) is 9.99. The molecular formula is C12H18OP+. The Morgan fingerprint density at radius 2 is 1.36 bits per heavy atom. The Labute approximate surface area is 88.5 Å². The molecular weight excluding hydrogens is 191 g/mol. The van der Waals surface area contributed by atoms with Crippen molar-refractivity contribution >= 4 is 7.80 Å². The van der Waals surface area contributed by atoms with Crippen LogP contribution in [0.3, 0.4) is 0 Å². The molecule has 0 fully saturated rings. The number of rotatable bonds is 4. The van der Waals surface area contributed by atoms with Gasteiger partial charge in [-0.05, 0) is 29.2 Å². The highest BCUT2D eigenvalue weighted by Crippen LogP contribution is 2.15. The molecule has 0 atom stereocenters. The summed E-state index contributed by atoms with van der Waals surface area (Å²) in [4.78, 5) is 0. The Morgan fingerprint density at radius 1 is 0.929 bits per heavy atom. The van der Waals surface area contributed by atoms with Gasteiger partial charge < -0.3 is 0 Å². The minimum atomic E-state index is -1.59. The SMILES string of the molecule is CCCCC#C[P+](=O)C#CCCCC. The second-order valence-electron chi connectivity index (χ2n) is 3.08. The van der Waals surface area contributed by atoms with Gasteiger partial charge in [0.1, 0.15) is 0 Å². The van der Waals surface area contributed by atoms with E-state index in [1.807, 2.05) is 0 Å². The highest BCUT2D eigenvalue weighted by atomic mass is 31.1. The molecule has 0 aliphatic carbocycles. The molecule has 0 N–H and O–H groups in total. The van der Waals surface area contributed by atoms with Crippen LogP contribution in [0.25, 0.3) is 0 Å². The van der Waals surface area contributed by atoms with Crippen molar-refractivity contribution in [1.82, 2.24) is 0 Å². The van der Waals surface area contributed by atoms with Crippen LogP contribution in [0, 0.1) is 23.2 Å². The van der Waals surface area contributed by atoms with E-state index in [9.17, 15) is 4.57 Å². The molecule has 0 aromatic heterocycles. The Kier molecular flexibility index (Phi) is 9.73. The van der Waals surface area contributed by atoms with E-state index in [4.69, 9.17) is 0 Å². The fourth-order valence-corrected chi connectivity index (χ4v) is 1.38. The lowest BCUT2D eigenvalue weighted by atomic mass is 10.3. The van der Waals surface area contributed by atoms with Crippen LogP contribution in [0.1, 0.15) is 52.4 Å². The van der Waals surface area contributed by atoms with Gasteiger partial charge in [0.15, 0.2) is 11.3 Å². The second-order valence-corrected chi connectivity index (χ2v) is 4.11. The maximum Gasteiger partial charge on any atom is 0.519 e. The topological polar surface area (TPSA) is 17.1 Å². The van der Waals surface area contributed by atoms with Crippen LogP contribution in [0.15, 0.2) is 0 Å². The van der Waals surface area contributed by atoms with E-state index in [2.05, 4.69) is 37.0 Å². The largest absolute Gasteiger partial charge is 0.519 e. The van der Waals surface area contributed by atoms with Crippen LogP contribution >= 0.6 is 7.80 Å². The van der Waals surface area contributed by atoms with Gasteiger partial charge in [-0.3, -0.25) is 0 Å². The standard InChI is InChI=1S/C12H18OP/c1-3-5-7-9-11-14(13)12-10-8-6-4-2/h3-8H2,1-2H3/q+1. The lowest BCUT2D eigenvalue weighted by Gasteiger charge is -1.80. The van der Waals surface area contributed by atoms with Gasteiger partial charge >= 0.3 is 7.80 Å². The number of unbranched alkanes of at least 4 members (excludes halogenated alkanes) is 4. The summed E-state index contributed by atoms with van der Waals surface area (Å²) >= 11 is 0. The zero-order valence-electron chi connectivity index (χ0n) is 9.10. The normalized spacial score (nSPS) is 8.14. The average Bonchev–Trinajstić information content (AvgIpc) is 2.19. The highest BCUT2D eigenvalue weighted by Gasteiger charge is 2.03. The molecule has 0 radical (unpaired) electrons. The summed E-state index contributed by atoms with van der Waals surface area (Å²) in [5, 5.41) is 0. The predicted octanol–water partition coefficient (Wildman–Crippen LogP) is 4.12. The molecule has 0 rings (SSSR count). The minimum absolute atomic E-state index is 0.841. The van der Waals surface area contributed by atoms with Gasteiger partial charge in [-0.15, -0.1) is 0 Å². The van der Waals surface area contributed by atoms with Crippen LogP contribution < -0.4 is 0 Å². The van der Waals surface area contributed by atoms with Crippen molar-refractivity contribution in [3.8, 4) is 23.2 Å². The minimum Gasteiger partial charge on any atom is -0.0653 e. The first-order valence-corrected chi connectivity index (χ1v) is 6.51. The zero-order chi connectivity index (χ0) is 10.6. The molecule has 0 aromatic carbocycles. The lowest BCUT2D eigenvalue weighted by Crippen LogP contribution is -1.66. The smallest absolute Gasteiger partial charge is 0.0653 e. The van der Waals surface area contributed by atoms with E-state index < -0.39 is 7.80 Å². The van der Waals surface area contributed by atoms with Crippen molar-refractivity contribution in [2.45, 2.75) is 52.4 Å². The maximum absolute atomic E-state index is 11.2. The van der Waals surface area contributed by atoms with Crippen molar-refractivity contribution in [2.75, 3.05) is 0 Å². The van der Waals surface area contributed by atoms with Gasteiger partial charge in [0.05, 0.1) is 0 Å². The van der Waals surface area contributed by atoms with Crippen LogP contribution in [-0.4, -0.2) is 0 Å². The first kappa shape index (κ1) is 13.2. The van der Waals surface area contributed by atoms with E-state index >= 15 is 0 Å². The van der Waals surface area contributed by atoms with Gasteiger partial charge in [-0.25, -0.2) is 0 Å². The third kappa shape index (κ3) is 9.31. The molecule has 0 aromatic rings. The van der Waals surface area contributed by atoms with Gasteiger partial charge in [0, 0.05) is 12.8 Å². The van der Waals surface area contributed by atoms with E-state index in [1.165, 1.54) is 0 Å². The molecule has 2 heteroatoms. The van der Waals surface area contributed by atoms with Crippen molar-refractivity contribution < 1.29 is 4.57 Å². The summed E-state index contributed by atoms with van der Waals surface area (Å²) in [6, 6.07) is 0. The third-order valence-electron chi connectivity index (χ3n) is 1.67. The first-order valence-electron chi connectivity index (χ1n) is 5.25. The molecule has 0 heterocycles. The summed E-state index contributed by atoms with van der Waals surface area (Å²) in [6.45, 7) is 4.23. The van der Waals surface area contributed by atoms with Crippen molar-refractivity contribution in [1.29, 1.82) is 0 Å². The molecule has 0 spiro atoms. The van der Waals surface area contributed by atoms with E-state index in [-0.39, 0.29) is 0 Å². The lowest BCUT2D eigenvalue weighted by molar-refractivity contribution is 0.599. The van der Waals surface area contributed by atoms with Crippen LogP contribution in [0.5, 0.6) is 0 Å². The molecule has 0 unspecified atom stereocenters. The Hall–Kier alpha value is -0.780. The summed E-state index contributed by atoms with van der Waals surface area (Å²) in [7, 11) is -1.59.